The fraction of sp³-hybridized carbons (Fsp3) is 0.421. The normalized spacial score (nSPS) is 13.1. The average molecular weight is 401 g/mol. The van der Waals surface area contributed by atoms with Gasteiger partial charge in [-0.1, -0.05) is 11.6 Å². The molecule has 148 valence electrons. The number of aromatic amines is 1. The SMILES string of the molecule is CCn1c(CCNC(=O)CCCN2C(=O)c3ccc(C)cc3C2=O)n[nH]c1=S. The van der Waals surface area contributed by atoms with Crippen LogP contribution in [0.4, 0.5) is 0 Å². The molecule has 2 N–H and O–H groups in total. The smallest absolute Gasteiger partial charge is 0.261 e. The zero-order chi connectivity index (χ0) is 20.3. The number of nitrogens with zero attached hydrogens (tertiary/aromatic N) is 3. The van der Waals surface area contributed by atoms with Gasteiger partial charge in [-0.2, -0.15) is 5.10 Å². The Labute approximate surface area is 167 Å². The van der Waals surface area contributed by atoms with Gasteiger partial charge in [0.25, 0.3) is 11.8 Å². The van der Waals surface area contributed by atoms with Gasteiger partial charge in [0.15, 0.2) is 4.77 Å². The third kappa shape index (κ3) is 4.04. The molecular formula is C19H23N5O3S. The lowest BCUT2D eigenvalue weighted by molar-refractivity contribution is -0.121. The van der Waals surface area contributed by atoms with Gasteiger partial charge in [0.1, 0.15) is 5.82 Å². The summed E-state index contributed by atoms with van der Waals surface area (Å²) in [5, 5.41) is 9.73. The van der Waals surface area contributed by atoms with Crippen LogP contribution in [0.15, 0.2) is 18.2 Å². The largest absolute Gasteiger partial charge is 0.356 e. The van der Waals surface area contributed by atoms with Crippen LogP contribution in [0.3, 0.4) is 0 Å². The van der Waals surface area contributed by atoms with Crippen molar-refractivity contribution in [2.75, 3.05) is 13.1 Å². The van der Waals surface area contributed by atoms with Gasteiger partial charge in [0.2, 0.25) is 5.91 Å². The molecule has 0 bridgehead atoms. The number of amides is 3. The summed E-state index contributed by atoms with van der Waals surface area (Å²) in [6.07, 6.45) is 1.24. The van der Waals surface area contributed by atoms with E-state index in [1.807, 2.05) is 24.5 Å². The maximum absolute atomic E-state index is 12.4. The number of nitrogens with one attached hydrogen (secondary N) is 2. The third-order valence-corrected chi connectivity index (χ3v) is 5.05. The zero-order valence-electron chi connectivity index (χ0n) is 15.9. The molecule has 0 aliphatic carbocycles. The van der Waals surface area contributed by atoms with Gasteiger partial charge in [-0.05, 0) is 44.6 Å². The lowest BCUT2D eigenvalue weighted by atomic mass is 10.1. The summed E-state index contributed by atoms with van der Waals surface area (Å²) in [6.45, 7) is 5.26. The van der Waals surface area contributed by atoms with E-state index in [9.17, 15) is 14.4 Å². The second kappa shape index (κ2) is 8.47. The molecule has 1 aromatic heterocycles. The molecule has 0 saturated carbocycles. The van der Waals surface area contributed by atoms with Crippen LogP contribution < -0.4 is 5.32 Å². The number of fused-ring (bicyclic) bond motifs is 1. The lowest BCUT2D eigenvalue weighted by Gasteiger charge is -2.13. The van der Waals surface area contributed by atoms with Gasteiger partial charge in [-0.15, -0.1) is 0 Å². The lowest BCUT2D eigenvalue weighted by Crippen LogP contribution is -2.32. The first-order valence-electron chi connectivity index (χ1n) is 9.30. The average Bonchev–Trinajstić information content (AvgIpc) is 3.13. The minimum Gasteiger partial charge on any atom is -0.356 e. The second-order valence-electron chi connectivity index (χ2n) is 6.70. The molecule has 3 amide bonds. The Morgan fingerprint density at radius 1 is 1.25 bits per heavy atom. The number of hydrogen-bond donors (Lipinski definition) is 2. The predicted octanol–water partition coefficient (Wildman–Crippen LogP) is 2.00. The monoisotopic (exact) mass is 401 g/mol. The summed E-state index contributed by atoms with van der Waals surface area (Å²) in [5.74, 6) is 0.105. The Bertz CT molecular complexity index is 978. The maximum Gasteiger partial charge on any atom is 0.261 e. The predicted molar refractivity (Wildman–Crippen MR) is 106 cm³/mol. The first kappa shape index (κ1) is 19.9. The fourth-order valence-corrected chi connectivity index (χ4v) is 3.55. The molecule has 2 aromatic rings. The van der Waals surface area contributed by atoms with Crippen molar-refractivity contribution in [3.05, 3.63) is 45.5 Å². The molecule has 0 fully saturated rings. The minimum atomic E-state index is -0.289. The van der Waals surface area contributed by atoms with Gasteiger partial charge < -0.3 is 9.88 Å². The van der Waals surface area contributed by atoms with E-state index in [1.54, 1.807) is 12.1 Å². The number of carbonyl (C=O) groups is 3. The summed E-state index contributed by atoms with van der Waals surface area (Å²) < 4.78 is 2.45. The van der Waals surface area contributed by atoms with Crippen LogP contribution >= 0.6 is 12.2 Å². The number of hydrogen-bond acceptors (Lipinski definition) is 5. The molecule has 0 unspecified atom stereocenters. The van der Waals surface area contributed by atoms with Crippen LogP contribution in [0.2, 0.25) is 0 Å². The van der Waals surface area contributed by atoms with E-state index in [1.165, 1.54) is 4.90 Å². The first-order valence-corrected chi connectivity index (χ1v) is 9.70. The molecule has 1 aliphatic heterocycles. The molecule has 0 atom stereocenters. The topological polar surface area (TPSA) is 100 Å². The summed E-state index contributed by atoms with van der Waals surface area (Å²) in [6, 6.07) is 5.23. The van der Waals surface area contributed by atoms with Crippen LogP contribution in [0.25, 0.3) is 0 Å². The molecule has 3 rings (SSSR count). The van der Waals surface area contributed by atoms with Crippen molar-refractivity contribution < 1.29 is 14.4 Å². The van der Waals surface area contributed by atoms with E-state index >= 15 is 0 Å². The molecule has 0 spiro atoms. The highest BCUT2D eigenvalue weighted by Crippen LogP contribution is 2.24. The van der Waals surface area contributed by atoms with Gasteiger partial charge in [-0.25, -0.2) is 0 Å². The van der Waals surface area contributed by atoms with Crippen molar-refractivity contribution in [3.63, 3.8) is 0 Å². The summed E-state index contributed by atoms with van der Waals surface area (Å²) in [7, 11) is 0. The number of aryl methyl sites for hydroxylation is 1. The molecule has 0 radical (unpaired) electrons. The molecule has 9 heteroatoms. The first-order chi connectivity index (χ1) is 13.4. The number of rotatable bonds is 8. The van der Waals surface area contributed by atoms with Gasteiger partial charge in [0, 0.05) is 32.5 Å². The van der Waals surface area contributed by atoms with Crippen LogP contribution in [-0.4, -0.2) is 50.5 Å². The van der Waals surface area contributed by atoms with Crippen LogP contribution in [0.1, 0.15) is 51.9 Å². The van der Waals surface area contributed by atoms with E-state index < -0.39 is 0 Å². The van der Waals surface area contributed by atoms with E-state index in [-0.39, 0.29) is 30.7 Å². The molecule has 28 heavy (non-hydrogen) atoms. The Morgan fingerprint density at radius 3 is 2.75 bits per heavy atom. The summed E-state index contributed by atoms with van der Waals surface area (Å²) in [4.78, 5) is 38.0. The Morgan fingerprint density at radius 2 is 2.00 bits per heavy atom. The van der Waals surface area contributed by atoms with Gasteiger partial charge >= 0.3 is 0 Å². The number of aromatic nitrogens is 3. The maximum atomic E-state index is 12.4. The molecule has 8 nitrogen and oxygen atoms in total. The number of carbonyl (C=O) groups excluding carboxylic acids is 3. The number of benzene rings is 1. The minimum absolute atomic E-state index is 0.121. The highest BCUT2D eigenvalue weighted by atomic mass is 32.1. The van der Waals surface area contributed by atoms with E-state index in [0.717, 1.165) is 17.9 Å². The van der Waals surface area contributed by atoms with Crippen molar-refractivity contribution in [3.8, 4) is 0 Å². The quantitative estimate of drug-likeness (QED) is 0.521. The Balaban J connectivity index is 1.44. The standard InChI is InChI=1S/C19H23N5O3S/c1-3-23-15(21-22-19(23)28)8-9-20-16(25)5-4-10-24-17(26)13-7-6-12(2)11-14(13)18(24)27/h6-7,11H,3-5,8-10H2,1-2H3,(H,20,25)(H,22,28). The summed E-state index contributed by atoms with van der Waals surface area (Å²) >= 11 is 5.13. The second-order valence-corrected chi connectivity index (χ2v) is 7.09. The van der Waals surface area contributed by atoms with Crippen LogP contribution in [-0.2, 0) is 17.8 Å². The van der Waals surface area contributed by atoms with Crippen LogP contribution in [0.5, 0.6) is 0 Å². The van der Waals surface area contributed by atoms with Crippen molar-refractivity contribution in [2.24, 2.45) is 0 Å². The van der Waals surface area contributed by atoms with Crippen molar-refractivity contribution in [1.82, 2.24) is 25.0 Å². The van der Waals surface area contributed by atoms with E-state index in [0.29, 0.717) is 35.3 Å². The highest BCUT2D eigenvalue weighted by molar-refractivity contribution is 7.71. The zero-order valence-corrected chi connectivity index (χ0v) is 16.8. The Hall–Kier alpha value is -2.81. The van der Waals surface area contributed by atoms with Crippen molar-refractivity contribution >= 4 is 29.9 Å². The molecule has 1 aliphatic rings. The molecule has 1 aromatic carbocycles. The van der Waals surface area contributed by atoms with Crippen molar-refractivity contribution in [1.29, 1.82) is 0 Å². The highest BCUT2D eigenvalue weighted by Gasteiger charge is 2.34. The number of H-pyrrole nitrogens is 1. The van der Waals surface area contributed by atoms with Gasteiger partial charge in [0.05, 0.1) is 11.1 Å². The van der Waals surface area contributed by atoms with Crippen LogP contribution in [0, 0.1) is 11.7 Å². The Kier molecular flexibility index (Phi) is 6.03. The fourth-order valence-electron chi connectivity index (χ4n) is 3.27. The van der Waals surface area contributed by atoms with E-state index in [4.69, 9.17) is 12.2 Å². The van der Waals surface area contributed by atoms with Crippen molar-refractivity contribution in [2.45, 2.75) is 39.7 Å². The number of imide groups is 1. The molecule has 2 heterocycles. The van der Waals surface area contributed by atoms with Gasteiger partial charge in [-0.3, -0.25) is 24.4 Å². The third-order valence-electron chi connectivity index (χ3n) is 4.74. The summed E-state index contributed by atoms with van der Waals surface area (Å²) in [5.41, 5.74) is 1.81. The molecular weight excluding hydrogens is 378 g/mol. The van der Waals surface area contributed by atoms with E-state index in [2.05, 4.69) is 15.5 Å². The molecule has 0 saturated heterocycles.